The van der Waals surface area contributed by atoms with Crippen LogP contribution < -0.4 is 0 Å². The summed E-state index contributed by atoms with van der Waals surface area (Å²) < 4.78 is 23.5. The van der Waals surface area contributed by atoms with Crippen LogP contribution >= 0.6 is 27.5 Å². The molecule has 0 bridgehead atoms. The van der Waals surface area contributed by atoms with Gasteiger partial charge in [0.05, 0.1) is 5.75 Å². The summed E-state index contributed by atoms with van der Waals surface area (Å²) in [7, 11) is -3.29. The fourth-order valence-corrected chi connectivity index (χ4v) is 2.50. The molecule has 0 saturated heterocycles. The lowest BCUT2D eigenvalue weighted by Crippen LogP contribution is -2.09. The van der Waals surface area contributed by atoms with Gasteiger partial charge in [-0.15, -0.1) is 11.6 Å². The highest BCUT2D eigenvalue weighted by Crippen LogP contribution is 2.12. The van der Waals surface area contributed by atoms with E-state index < -0.39 is 9.84 Å². The van der Waals surface area contributed by atoms with Gasteiger partial charge >= 0.3 is 0 Å². The normalized spacial score (nSPS) is 11.5. The Bertz CT molecular complexity index is 376. The summed E-state index contributed by atoms with van der Waals surface area (Å²) >= 11 is 8.52. The first-order chi connectivity index (χ1) is 6.06. The number of hydrogen-bond donors (Lipinski definition) is 0. The van der Waals surface area contributed by atoms with E-state index in [4.69, 9.17) is 11.6 Å². The van der Waals surface area contributed by atoms with Gasteiger partial charge in [-0.3, -0.25) is 0 Å². The van der Waals surface area contributed by atoms with Crippen molar-refractivity contribution < 1.29 is 8.42 Å². The molecule has 6 heteroatoms. The summed E-state index contributed by atoms with van der Waals surface area (Å²) in [5, 5.41) is 0.0661. The summed E-state index contributed by atoms with van der Waals surface area (Å²) in [6, 6.07) is 3.08. The van der Waals surface area contributed by atoms with E-state index in [0.717, 1.165) is 4.47 Å². The monoisotopic (exact) mass is 283 g/mol. The topological polar surface area (TPSA) is 47.0 Å². The highest BCUT2D eigenvalue weighted by Gasteiger charge is 2.14. The maximum absolute atomic E-state index is 11.4. The van der Waals surface area contributed by atoms with Crippen LogP contribution in [0.25, 0.3) is 0 Å². The quantitative estimate of drug-likeness (QED) is 0.796. The van der Waals surface area contributed by atoms with Crippen LogP contribution in [0.1, 0.15) is 0 Å². The Morgan fingerprint density at radius 3 is 2.62 bits per heavy atom. The van der Waals surface area contributed by atoms with Gasteiger partial charge in [0.25, 0.3) is 0 Å². The van der Waals surface area contributed by atoms with Crippen LogP contribution in [0.4, 0.5) is 0 Å². The van der Waals surface area contributed by atoms with Gasteiger partial charge in [0.2, 0.25) is 0 Å². The highest BCUT2D eigenvalue weighted by molar-refractivity contribution is 9.10. The molecule has 0 N–H and O–H groups in total. The van der Waals surface area contributed by atoms with Crippen molar-refractivity contribution in [1.29, 1.82) is 0 Å². The number of aromatic nitrogens is 1. The van der Waals surface area contributed by atoms with E-state index in [1.807, 2.05) is 0 Å². The van der Waals surface area contributed by atoms with Crippen molar-refractivity contribution in [3.8, 4) is 0 Å². The minimum Gasteiger partial charge on any atom is -0.244 e. The second-order valence-corrected chi connectivity index (χ2v) is 5.67. The van der Waals surface area contributed by atoms with E-state index in [0.29, 0.717) is 0 Å². The summed E-state index contributed by atoms with van der Waals surface area (Å²) in [5.74, 6) is 0.00324. The number of halogens is 2. The molecule has 0 spiro atoms. The lowest BCUT2D eigenvalue weighted by atomic mass is 10.5. The molecule has 1 aromatic heterocycles. The van der Waals surface area contributed by atoms with Gasteiger partial charge in [0, 0.05) is 16.5 Å². The van der Waals surface area contributed by atoms with Crippen molar-refractivity contribution in [2.24, 2.45) is 0 Å². The number of alkyl halides is 1. The molecule has 0 aliphatic carbocycles. The third kappa shape index (κ3) is 2.93. The molecule has 0 radical (unpaired) electrons. The molecule has 13 heavy (non-hydrogen) atoms. The van der Waals surface area contributed by atoms with Crippen LogP contribution in [0.15, 0.2) is 27.8 Å². The van der Waals surface area contributed by atoms with E-state index in [-0.39, 0.29) is 16.7 Å². The first kappa shape index (κ1) is 10.9. The summed E-state index contributed by atoms with van der Waals surface area (Å²) in [5.41, 5.74) is 0. The van der Waals surface area contributed by atoms with E-state index in [1.165, 1.54) is 12.3 Å². The number of nitrogens with zero attached hydrogens (tertiary/aromatic N) is 1. The van der Waals surface area contributed by atoms with E-state index in [9.17, 15) is 8.42 Å². The second-order valence-electron chi connectivity index (χ2n) is 2.32. The molecule has 0 saturated carbocycles. The van der Waals surface area contributed by atoms with E-state index in [1.54, 1.807) is 6.07 Å². The third-order valence-corrected chi connectivity index (χ3v) is 3.87. The largest absolute Gasteiger partial charge is 0.244 e. The lowest BCUT2D eigenvalue weighted by Gasteiger charge is -2.00. The molecular formula is C7H7BrClNO2S. The highest BCUT2D eigenvalue weighted by atomic mass is 79.9. The zero-order valence-corrected chi connectivity index (χ0v) is 9.73. The number of hydrogen-bond acceptors (Lipinski definition) is 3. The number of sulfone groups is 1. The fraction of sp³-hybridized carbons (Fsp3) is 0.286. The van der Waals surface area contributed by atoms with Crippen molar-refractivity contribution in [3.63, 3.8) is 0 Å². The van der Waals surface area contributed by atoms with Gasteiger partial charge in [-0.05, 0) is 28.1 Å². The Balaban J connectivity index is 3.02. The van der Waals surface area contributed by atoms with Gasteiger partial charge in [-0.1, -0.05) is 0 Å². The predicted octanol–water partition coefficient (Wildman–Crippen LogP) is 1.86. The Kier molecular flexibility index (Phi) is 3.70. The van der Waals surface area contributed by atoms with Gasteiger partial charge in [0.1, 0.15) is 0 Å². The van der Waals surface area contributed by atoms with Crippen molar-refractivity contribution >= 4 is 37.4 Å². The van der Waals surface area contributed by atoms with Gasteiger partial charge < -0.3 is 0 Å². The van der Waals surface area contributed by atoms with Crippen molar-refractivity contribution in [2.45, 2.75) is 5.03 Å². The molecule has 0 unspecified atom stereocenters. The Morgan fingerprint density at radius 2 is 2.15 bits per heavy atom. The average molecular weight is 285 g/mol. The minimum atomic E-state index is -3.29. The second kappa shape index (κ2) is 4.39. The van der Waals surface area contributed by atoms with Crippen LogP contribution in [0.2, 0.25) is 0 Å². The minimum absolute atomic E-state index is 0.0661. The molecular weight excluding hydrogens is 278 g/mol. The number of rotatable bonds is 3. The first-order valence-electron chi connectivity index (χ1n) is 3.46. The molecule has 0 aliphatic heterocycles. The van der Waals surface area contributed by atoms with Gasteiger partial charge in [-0.2, -0.15) is 0 Å². The third-order valence-electron chi connectivity index (χ3n) is 1.36. The van der Waals surface area contributed by atoms with Crippen LogP contribution in [0, 0.1) is 0 Å². The summed E-state index contributed by atoms with van der Waals surface area (Å²) in [6.45, 7) is 0. The zero-order chi connectivity index (χ0) is 9.90. The Morgan fingerprint density at radius 1 is 1.46 bits per heavy atom. The maximum atomic E-state index is 11.4. The molecule has 0 atom stereocenters. The van der Waals surface area contributed by atoms with E-state index >= 15 is 0 Å². The summed E-state index contributed by atoms with van der Waals surface area (Å²) in [4.78, 5) is 3.78. The molecule has 1 rings (SSSR count). The van der Waals surface area contributed by atoms with E-state index in [2.05, 4.69) is 20.9 Å². The molecule has 1 aromatic rings. The molecule has 72 valence electrons. The molecule has 1 heterocycles. The smallest absolute Gasteiger partial charge is 0.196 e. The molecule has 0 aromatic carbocycles. The zero-order valence-electron chi connectivity index (χ0n) is 6.57. The van der Waals surface area contributed by atoms with Crippen molar-refractivity contribution in [3.05, 3.63) is 22.8 Å². The molecule has 3 nitrogen and oxygen atoms in total. The van der Waals surface area contributed by atoms with Crippen LogP contribution in [0.5, 0.6) is 0 Å². The number of pyridine rings is 1. The van der Waals surface area contributed by atoms with Gasteiger partial charge in [-0.25, -0.2) is 13.4 Å². The van der Waals surface area contributed by atoms with Gasteiger partial charge in [0.15, 0.2) is 14.9 Å². The van der Waals surface area contributed by atoms with Crippen LogP contribution in [-0.4, -0.2) is 25.0 Å². The van der Waals surface area contributed by atoms with Crippen LogP contribution in [0.3, 0.4) is 0 Å². The Hall–Kier alpha value is -0.130. The first-order valence-corrected chi connectivity index (χ1v) is 6.44. The van der Waals surface area contributed by atoms with Crippen molar-refractivity contribution in [1.82, 2.24) is 4.98 Å². The lowest BCUT2D eigenvalue weighted by molar-refractivity contribution is 0.594. The maximum Gasteiger partial charge on any atom is 0.196 e. The Labute approximate surface area is 90.2 Å². The summed E-state index contributed by atoms with van der Waals surface area (Å²) in [6.07, 6.45) is 1.45. The van der Waals surface area contributed by atoms with Crippen molar-refractivity contribution in [2.75, 3.05) is 11.6 Å². The molecule has 0 fully saturated rings. The molecule has 0 aliphatic rings. The standard InChI is InChI=1S/C7H7BrClNO2S/c8-6-1-2-7(10-5-6)13(11,12)4-3-9/h1-2,5H,3-4H2. The van der Waals surface area contributed by atoms with Crippen LogP contribution in [-0.2, 0) is 9.84 Å². The average Bonchev–Trinajstić information content (AvgIpc) is 2.05. The SMILES string of the molecule is O=S(=O)(CCCl)c1ccc(Br)cn1. The molecule has 0 amide bonds. The fourth-order valence-electron chi connectivity index (χ4n) is 0.752. The predicted molar refractivity (Wildman–Crippen MR) is 54.7 cm³/mol.